The van der Waals surface area contributed by atoms with Gasteiger partial charge in [0.2, 0.25) is 0 Å². The first-order valence-corrected chi connectivity index (χ1v) is 9.44. The lowest BCUT2D eigenvalue weighted by atomic mass is 9.98. The summed E-state index contributed by atoms with van der Waals surface area (Å²) < 4.78 is 19.1. The molecule has 5 heteroatoms. The lowest BCUT2D eigenvalue weighted by molar-refractivity contribution is 0.144. The van der Waals surface area contributed by atoms with Gasteiger partial charge in [-0.25, -0.2) is 9.18 Å². The molecule has 4 nitrogen and oxygen atoms in total. The first-order chi connectivity index (χ1) is 14.1. The summed E-state index contributed by atoms with van der Waals surface area (Å²) in [7, 11) is 0. The van der Waals surface area contributed by atoms with Crippen LogP contribution in [0.3, 0.4) is 0 Å². The van der Waals surface area contributed by atoms with Gasteiger partial charge < -0.3 is 15.8 Å². The maximum absolute atomic E-state index is 13.7. The molecule has 0 aliphatic heterocycles. The molecular formula is C24H21FN2O2. The summed E-state index contributed by atoms with van der Waals surface area (Å²) in [5, 5.41) is 2.66. The summed E-state index contributed by atoms with van der Waals surface area (Å²) in [5.41, 5.74) is 11.2. The van der Waals surface area contributed by atoms with Gasteiger partial charge >= 0.3 is 6.09 Å². The van der Waals surface area contributed by atoms with Crippen molar-refractivity contribution < 1.29 is 13.9 Å². The van der Waals surface area contributed by atoms with Gasteiger partial charge in [0.05, 0.1) is 0 Å². The number of nitrogens with one attached hydrogen (secondary N) is 1. The number of hydrogen-bond donors (Lipinski definition) is 2. The number of amides is 1. The van der Waals surface area contributed by atoms with E-state index in [1.54, 1.807) is 18.2 Å². The SMILES string of the molecule is Nc1ccc(F)c(C=CCNC(=O)OCC2c3ccccc3-c3ccccc32)c1. The zero-order valence-electron chi connectivity index (χ0n) is 15.8. The van der Waals surface area contributed by atoms with E-state index in [1.807, 2.05) is 24.3 Å². The lowest BCUT2D eigenvalue weighted by Crippen LogP contribution is -2.26. The number of fused-ring (bicyclic) bond motifs is 3. The van der Waals surface area contributed by atoms with E-state index in [2.05, 4.69) is 29.6 Å². The number of carbonyl (C=O) groups is 1. The van der Waals surface area contributed by atoms with E-state index in [1.165, 1.54) is 34.4 Å². The Balaban J connectivity index is 1.34. The highest BCUT2D eigenvalue weighted by Gasteiger charge is 2.28. The van der Waals surface area contributed by atoms with E-state index in [0.29, 0.717) is 11.3 Å². The van der Waals surface area contributed by atoms with Gasteiger partial charge in [0, 0.05) is 23.7 Å². The minimum atomic E-state index is -0.510. The van der Waals surface area contributed by atoms with Crippen LogP contribution in [0.1, 0.15) is 22.6 Å². The predicted octanol–water partition coefficient (Wildman–Crippen LogP) is 4.96. The normalized spacial score (nSPS) is 12.6. The summed E-state index contributed by atoms with van der Waals surface area (Å²) in [5.74, 6) is -0.346. The number of rotatable bonds is 5. The summed E-state index contributed by atoms with van der Waals surface area (Å²) in [6.07, 6.45) is 2.72. The van der Waals surface area contributed by atoms with Crippen molar-refractivity contribution in [2.45, 2.75) is 5.92 Å². The van der Waals surface area contributed by atoms with Gasteiger partial charge in [0.15, 0.2) is 0 Å². The molecule has 1 aliphatic carbocycles. The van der Waals surface area contributed by atoms with E-state index < -0.39 is 6.09 Å². The zero-order valence-corrected chi connectivity index (χ0v) is 15.8. The summed E-state index contributed by atoms with van der Waals surface area (Å²) in [6, 6.07) is 20.7. The number of nitrogens with two attached hydrogens (primary N) is 1. The highest BCUT2D eigenvalue weighted by Crippen LogP contribution is 2.44. The minimum Gasteiger partial charge on any atom is -0.449 e. The second-order valence-corrected chi connectivity index (χ2v) is 6.89. The van der Waals surface area contributed by atoms with Gasteiger partial charge in [0.25, 0.3) is 0 Å². The first kappa shape index (κ1) is 18.7. The number of hydrogen-bond acceptors (Lipinski definition) is 3. The molecule has 3 N–H and O–H groups in total. The van der Waals surface area contributed by atoms with Crippen LogP contribution in [-0.4, -0.2) is 19.2 Å². The Morgan fingerprint density at radius 1 is 1.03 bits per heavy atom. The quantitative estimate of drug-likeness (QED) is 0.607. The third-order valence-corrected chi connectivity index (χ3v) is 5.03. The van der Waals surface area contributed by atoms with Crippen molar-refractivity contribution in [3.05, 3.63) is 95.3 Å². The number of alkyl carbamates (subject to hydrolysis) is 1. The fourth-order valence-corrected chi connectivity index (χ4v) is 3.67. The molecule has 0 aromatic heterocycles. The molecule has 3 aromatic carbocycles. The van der Waals surface area contributed by atoms with Gasteiger partial charge in [-0.3, -0.25) is 0 Å². The number of ether oxygens (including phenoxy) is 1. The smallest absolute Gasteiger partial charge is 0.407 e. The maximum Gasteiger partial charge on any atom is 0.407 e. The molecule has 0 spiro atoms. The fourth-order valence-electron chi connectivity index (χ4n) is 3.67. The number of anilines is 1. The van der Waals surface area contributed by atoms with Crippen LogP contribution in [0.5, 0.6) is 0 Å². The minimum absolute atomic E-state index is 0.0186. The first-order valence-electron chi connectivity index (χ1n) is 9.44. The van der Waals surface area contributed by atoms with Crippen LogP contribution in [0.15, 0.2) is 72.8 Å². The fraction of sp³-hybridized carbons (Fsp3) is 0.125. The second-order valence-electron chi connectivity index (χ2n) is 6.89. The van der Waals surface area contributed by atoms with Crippen molar-refractivity contribution in [1.82, 2.24) is 5.32 Å². The molecule has 1 aliphatic rings. The summed E-state index contributed by atoms with van der Waals surface area (Å²) in [4.78, 5) is 12.1. The number of carbonyl (C=O) groups excluding carboxylic acids is 1. The van der Waals surface area contributed by atoms with Gasteiger partial charge in [-0.1, -0.05) is 60.7 Å². The zero-order chi connectivity index (χ0) is 20.2. The third kappa shape index (κ3) is 3.99. The van der Waals surface area contributed by atoms with Gasteiger partial charge in [-0.15, -0.1) is 0 Å². The molecule has 4 rings (SSSR count). The maximum atomic E-state index is 13.7. The Kier molecular flexibility index (Phi) is 5.29. The van der Waals surface area contributed by atoms with E-state index >= 15 is 0 Å². The Morgan fingerprint density at radius 2 is 1.69 bits per heavy atom. The lowest BCUT2D eigenvalue weighted by Gasteiger charge is -2.14. The number of benzene rings is 3. The number of nitrogen functional groups attached to an aromatic ring is 1. The molecule has 3 aromatic rings. The van der Waals surface area contributed by atoms with Crippen LogP contribution >= 0.6 is 0 Å². The second kappa shape index (κ2) is 8.19. The van der Waals surface area contributed by atoms with Crippen LogP contribution < -0.4 is 11.1 Å². The van der Waals surface area contributed by atoms with Gasteiger partial charge in [-0.05, 0) is 40.5 Å². The molecule has 0 bridgehead atoms. The van der Waals surface area contributed by atoms with E-state index in [-0.39, 0.29) is 24.9 Å². The largest absolute Gasteiger partial charge is 0.449 e. The Hall–Kier alpha value is -3.60. The average molecular weight is 388 g/mol. The molecule has 0 heterocycles. The highest BCUT2D eigenvalue weighted by molar-refractivity contribution is 5.79. The van der Waals surface area contributed by atoms with Crippen LogP contribution in [0.25, 0.3) is 17.2 Å². The summed E-state index contributed by atoms with van der Waals surface area (Å²) in [6.45, 7) is 0.484. The van der Waals surface area contributed by atoms with Crippen LogP contribution in [0.4, 0.5) is 14.9 Å². The van der Waals surface area contributed by atoms with Crippen LogP contribution in [-0.2, 0) is 4.74 Å². The Morgan fingerprint density at radius 3 is 2.38 bits per heavy atom. The molecule has 0 fully saturated rings. The molecule has 0 radical (unpaired) electrons. The standard InChI is InChI=1S/C24H21FN2O2/c25-23-12-11-17(26)14-16(23)6-5-13-27-24(28)29-15-22-20-9-3-1-7-18(20)19-8-2-4-10-21(19)22/h1-12,14,22H,13,15,26H2,(H,27,28). The third-order valence-electron chi connectivity index (χ3n) is 5.03. The Bertz CT molecular complexity index is 1030. The molecule has 0 saturated heterocycles. The predicted molar refractivity (Wildman–Crippen MR) is 113 cm³/mol. The molecule has 0 unspecified atom stereocenters. The van der Waals surface area contributed by atoms with Gasteiger partial charge in [-0.2, -0.15) is 0 Å². The topological polar surface area (TPSA) is 64.3 Å². The van der Waals surface area contributed by atoms with Crippen molar-refractivity contribution in [3.63, 3.8) is 0 Å². The molecule has 146 valence electrons. The molecule has 0 atom stereocenters. The number of halogens is 1. The van der Waals surface area contributed by atoms with E-state index in [4.69, 9.17) is 10.5 Å². The van der Waals surface area contributed by atoms with Crippen molar-refractivity contribution in [3.8, 4) is 11.1 Å². The monoisotopic (exact) mass is 388 g/mol. The molecular weight excluding hydrogens is 367 g/mol. The summed E-state index contributed by atoms with van der Waals surface area (Å²) >= 11 is 0. The van der Waals surface area contributed by atoms with Crippen molar-refractivity contribution in [2.75, 3.05) is 18.9 Å². The van der Waals surface area contributed by atoms with Crippen molar-refractivity contribution in [1.29, 1.82) is 0 Å². The molecule has 29 heavy (non-hydrogen) atoms. The van der Waals surface area contributed by atoms with Crippen molar-refractivity contribution >= 4 is 17.9 Å². The molecule has 1 amide bonds. The Labute approximate surface area is 168 Å². The van der Waals surface area contributed by atoms with Crippen molar-refractivity contribution in [2.24, 2.45) is 0 Å². The van der Waals surface area contributed by atoms with Gasteiger partial charge in [0.1, 0.15) is 12.4 Å². The van der Waals surface area contributed by atoms with Crippen LogP contribution in [0, 0.1) is 5.82 Å². The van der Waals surface area contributed by atoms with E-state index in [0.717, 1.165) is 0 Å². The highest BCUT2D eigenvalue weighted by atomic mass is 19.1. The van der Waals surface area contributed by atoms with E-state index in [9.17, 15) is 9.18 Å². The molecule has 0 saturated carbocycles. The van der Waals surface area contributed by atoms with Crippen LogP contribution in [0.2, 0.25) is 0 Å². The average Bonchev–Trinajstić information content (AvgIpc) is 3.06.